The predicted octanol–water partition coefficient (Wildman–Crippen LogP) is 3.86. The Labute approximate surface area is 206 Å². The maximum absolute atomic E-state index is 14.4. The SMILES string of the molecule is COCc1cnc(N2CCC(C3CC3CCOc3ccc(CC(=O)N4CCC4)c(F)c3)CC2)nc1. The fraction of sp³-hybridized carbons (Fsp3) is 0.593. The van der Waals surface area contributed by atoms with E-state index < -0.39 is 0 Å². The number of anilines is 1. The van der Waals surface area contributed by atoms with Crippen LogP contribution < -0.4 is 9.64 Å². The highest BCUT2D eigenvalue weighted by Crippen LogP contribution is 2.49. The Balaban J connectivity index is 1.01. The molecule has 1 aliphatic carbocycles. The molecular formula is C27H35FN4O3. The third-order valence-corrected chi connectivity index (χ3v) is 7.74. The molecule has 0 N–H and O–H groups in total. The Morgan fingerprint density at radius 2 is 1.91 bits per heavy atom. The molecule has 2 saturated heterocycles. The van der Waals surface area contributed by atoms with Gasteiger partial charge in [-0.3, -0.25) is 4.79 Å². The van der Waals surface area contributed by atoms with Crippen LogP contribution in [0.4, 0.5) is 10.3 Å². The van der Waals surface area contributed by atoms with Gasteiger partial charge < -0.3 is 19.3 Å². The molecule has 2 aliphatic heterocycles. The van der Waals surface area contributed by atoms with Gasteiger partial charge in [0.15, 0.2) is 0 Å². The molecule has 0 spiro atoms. The van der Waals surface area contributed by atoms with E-state index in [1.807, 2.05) is 12.4 Å². The summed E-state index contributed by atoms with van der Waals surface area (Å²) >= 11 is 0. The summed E-state index contributed by atoms with van der Waals surface area (Å²) in [6, 6.07) is 4.89. The molecule has 188 valence electrons. The van der Waals surface area contributed by atoms with Gasteiger partial charge in [-0.25, -0.2) is 14.4 Å². The number of ether oxygens (including phenoxy) is 2. The number of carbonyl (C=O) groups excluding carboxylic acids is 1. The van der Waals surface area contributed by atoms with E-state index in [1.54, 1.807) is 24.1 Å². The molecule has 1 aromatic heterocycles. The molecule has 7 nitrogen and oxygen atoms in total. The number of piperidine rings is 1. The lowest BCUT2D eigenvalue weighted by molar-refractivity contribution is -0.133. The van der Waals surface area contributed by atoms with Gasteiger partial charge in [0.1, 0.15) is 11.6 Å². The van der Waals surface area contributed by atoms with Crippen LogP contribution in [-0.4, -0.2) is 60.7 Å². The number of nitrogens with zero attached hydrogens (tertiary/aromatic N) is 4. The van der Waals surface area contributed by atoms with E-state index in [9.17, 15) is 9.18 Å². The maximum Gasteiger partial charge on any atom is 0.227 e. The molecule has 2 atom stereocenters. The van der Waals surface area contributed by atoms with Crippen molar-refractivity contribution in [1.29, 1.82) is 0 Å². The van der Waals surface area contributed by atoms with Crippen LogP contribution in [0.15, 0.2) is 30.6 Å². The zero-order valence-corrected chi connectivity index (χ0v) is 20.5. The monoisotopic (exact) mass is 482 g/mol. The van der Waals surface area contributed by atoms with Crippen LogP contribution in [0.5, 0.6) is 5.75 Å². The fourth-order valence-corrected chi connectivity index (χ4v) is 5.39. The van der Waals surface area contributed by atoms with E-state index in [2.05, 4.69) is 14.9 Å². The molecular weight excluding hydrogens is 447 g/mol. The fourth-order valence-electron chi connectivity index (χ4n) is 5.39. The number of rotatable bonds is 10. The van der Waals surface area contributed by atoms with E-state index in [0.29, 0.717) is 30.4 Å². The van der Waals surface area contributed by atoms with Crippen LogP contribution in [0.25, 0.3) is 0 Å². The van der Waals surface area contributed by atoms with E-state index >= 15 is 0 Å². The van der Waals surface area contributed by atoms with Gasteiger partial charge in [-0.2, -0.15) is 0 Å². The second-order valence-corrected chi connectivity index (χ2v) is 10.1. The van der Waals surface area contributed by atoms with E-state index in [0.717, 1.165) is 62.4 Å². The first kappa shape index (κ1) is 24.0. The minimum absolute atomic E-state index is 0.00179. The predicted molar refractivity (Wildman–Crippen MR) is 131 cm³/mol. The summed E-state index contributed by atoms with van der Waals surface area (Å²) < 4.78 is 25.4. The molecule has 1 amide bonds. The molecule has 2 unspecified atom stereocenters. The number of amides is 1. The molecule has 3 fully saturated rings. The molecule has 5 rings (SSSR count). The summed E-state index contributed by atoms with van der Waals surface area (Å²) in [5, 5.41) is 0. The Bertz CT molecular complexity index is 1010. The van der Waals surface area contributed by atoms with Crippen molar-refractivity contribution in [3.63, 3.8) is 0 Å². The van der Waals surface area contributed by atoms with Gasteiger partial charge in [-0.05, 0) is 61.5 Å². The Morgan fingerprint density at radius 3 is 2.57 bits per heavy atom. The van der Waals surface area contributed by atoms with Gasteiger partial charge in [0.05, 0.1) is 19.6 Å². The summed E-state index contributed by atoms with van der Waals surface area (Å²) in [6.45, 7) is 4.73. The largest absolute Gasteiger partial charge is 0.493 e. The normalized spacial score (nSPS) is 22.1. The van der Waals surface area contributed by atoms with Gasteiger partial charge in [-0.15, -0.1) is 0 Å². The highest BCUT2D eigenvalue weighted by atomic mass is 19.1. The number of hydrogen-bond acceptors (Lipinski definition) is 6. The van der Waals surface area contributed by atoms with Crippen LogP contribution in [0.2, 0.25) is 0 Å². The van der Waals surface area contributed by atoms with Crippen molar-refractivity contribution in [3.8, 4) is 5.75 Å². The molecule has 0 radical (unpaired) electrons. The second kappa shape index (κ2) is 10.9. The van der Waals surface area contributed by atoms with Crippen molar-refractivity contribution < 1.29 is 18.7 Å². The smallest absolute Gasteiger partial charge is 0.227 e. The first-order chi connectivity index (χ1) is 17.1. The van der Waals surface area contributed by atoms with Crippen molar-refractivity contribution in [2.75, 3.05) is 44.8 Å². The van der Waals surface area contributed by atoms with Crippen LogP contribution >= 0.6 is 0 Å². The summed E-state index contributed by atoms with van der Waals surface area (Å²) in [5.41, 5.74) is 1.43. The van der Waals surface area contributed by atoms with Gasteiger partial charge in [0, 0.05) is 57.3 Å². The molecule has 3 heterocycles. The number of hydrogen-bond donors (Lipinski definition) is 0. The van der Waals surface area contributed by atoms with Gasteiger partial charge in [0.2, 0.25) is 11.9 Å². The van der Waals surface area contributed by atoms with Gasteiger partial charge in [-0.1, -0.05) is 6.07 Å². The summed E-state index contributed by atoms with van der Waals surface area (Å²) in [4.78, 5) is 25.1. The van der Waals surface area contributed by atoms with Crippen molar-refractivity contribution in [2.45, 2.75) is 45.1 Å². The minimum Gasteiger partial charge on any atom is -0.493 e. The zero-order chi connectivity index (χ0) is 24.2. The Kier molecular flexibility index (Phi) is 7.46. The number of methoxy groups -OCH3 is 1. The molecule has 3 aliphatic rings. The van der Waals surface area contributed by atoms with Gasteiger partial charge in [0.25, 0.3) is 0 Å². The average Bonchev–Trinajstić information content (AvgIpc) is 3.60. The van der Waals surface area contributed by atoms with E-state index in [-0.39, 0.29) is 18.1 Å². The highest BCUT2D eigenvalue weighted by Gasteiger charge is 2.43. The van der Waals surface area contributed by atoms with Crippen molar-refractivity contribution >= 4 is 11.9 Å². The molecule has 0 bridgehead atoms. The number of carbonyl (C=O) groups is 1. The summed E-state index contributed by atoms with van der Waals surface area (Å²) in [6.07, 6.45) is 9.49. The van der Waals surface area contributed by atoms with Crippen LogP contribution in [0.1, 0.15) is 43.2 Å². The number of halogens is 1. The third kappa shape index (κ3) is 5.92. The lowest BCUT2D eigenvalue weighted by atomic mass is 9.90. The third-order valence-electron chi connectivity index (χ3n) is 7.74. The molecule has 1 aromatic carbocycles. The Hall–Kier alpha value is -2.74. The summed E-state index contributed by atoms with van der Waals surface area (Å²) in [5.74, 6) is 3.24. The first-order valence-electron chi connectivity index (χ1n) is 12.8. The van der Waals surface area contributed by atoms with Crippen LogP contribution in [0.3, 0.4) is 0 Å². The molecule has 35 heavy (non-hydrogen) atoms. The van der Waals surface area contributed by atoms with Crippen molar-refractivity contribution in [2.24, 2.45) is 17.8 Å². The number of likely N-dealkylation sites (tertiary alicyclic amines) is 1. The topological polar surface area (TPSA) is 67.8 Å². The number of benzene rings is 1. The van der Waals surface area contributed by atoms with Gasteiger partial charge >= 0.3 is 0 Å². The lowest BCUT2D eigenvalue weighted by Crippen LogP contribution is -2.42. The molecule has 2 aromatic rings. The van der Waals surface area contributed by atoms with Crippen molar-refractivity contribution in [3.05, 3.63) is 47.5 Å². The van der Waals surface area contributed by atoms with E-state index in [4.69, 9.17) is 9.47 Å². The number of aromatic nitrogens is 2. The minimum atomic E-state index is -0.357. The average molecular weight is 483 g/mol. The van der Waals surface area contributed by atoms with Crippen molar-refractivity contribution in [1.82, 2.24) is 14.9 Å². The molecule has 8 heteroatoms. The highest BCUT2D eigenvalue weighted by molar-refractivity contribution is 5.79. The maximum atomic E-state index is 14.4. The summed E-state index contributed by atoms with van der Waals surface area (Å²) in [7, 11) is 1.67. The first-order valence-corrected chi connectivity index (χ1v) is 12.8. The zero-order valence-electron chi connectivity index (χ0n) is 20.5. The van der Waals surface area contributed by atoms with Crippen LogP contribution in [-0.2, 0) is 22.6 Å². The second-order valence-electron chi connectivity index (χ2n) is 10.1. The standard InChI is InChI=1S/C27H35FN4O3/c1-34-18-19-16-29-27(30-17-19)32-10-5-20(6-11-32)24-13-21(24)7-12-35-23-4-3-22(25(28)15-23)14-26(33)31-8-2-9-31/h3-4,15-17,20-21,24H,2,5-14,18H2,1H3. The lowest BCUT2D eigenvalue weighted by Gasteiger charge is -2.32. The molecule has 1 saturated carbocycles. The quantitative estimate of drug-likeness (QED) is 0.512. The Morgan fingerprint density at radius 1 is 1.14 bits per heavy atom. The van der Waals surface area contributed by atoms with E-state index in [1.165, 1.54) is 25.3 Å². The van der Waals surface area contributed by atoms with Crippen LogP contribution in [0, 0.1) is 23.6 Å².